The molecule has 3 aliphatic carbocycles. The first-order chi connectivity index (χ1) is 18.0. The molecule has 10 heteroatoms. The van der Waals surface area contributed by atoms with Gasteiger partial charge in [-0.05, 0) is 75.0 Å². The molecule has 0 aliphatic heterocycles. The van der Waals surface area contributed by atoms with E-state index in [1.165, 1.54) is 6.07 Å². The third-order valence-electron chi connectivity index (χ3n) is 8.45. The van der Waals surface area contributed by atoms with Gasteiger partial charge in [-0.25, -0.2) is 0 Å². The highest BCUT2D eigenvalue weighted by atomic mass is 16.3. The molecule has 1 aromatic heterocycles. The fourth-order valence-corrected chi connectivity index (χ4v) is 6.71. The Morgan fingerprint density at radius 2 is 1.89 bits per heavy atom. The number of fused-ring (bicyclic) bond motifs is 3. The van der Waals surface area contributed by atoms with Gasteiger partial charge in [0.1, 0.15) is 17.4 Å². The van der Waals surface area contributed by atoms with E-state index < -0.39 is 58.7 Å². The minimum absolute atomic E-state index is 0.0299. The molecule has 3 aliphatic rings. The first-order valence-electron chi connectivity index (χ1n) is 12.6. The molecule has 6 atom stereocenters. The van der Waals surface area contributed by atoms with E-state index in [4.69, 9.17) is 5.73 Å². The molecule has 1 amide bonds. The van der Waals surface area contributed by atoms with Gasteiger partial charge in [0.2, 0.25) is 5.91 Å². The predicted octanol–water partition coefficient (Wildman–Crippen LogP) is 0.466. The number of carbonyl (C=O) groups is 3. The SMILES string of the molecule is CN(C)[C@@H]1C(O)C(C(N)=O)C(=O)[C@@]2(O)C(O)=C3C(=O)c4c(O)ccc(CCc5ccccn5)c4C[C@H]3C[C@@H]12. The average molecular weight is 522 g/mol. The number of ketones is 2. The molecule has 10 nitrogen and oxygen atoms in total. The maximum absolute atomic E-state index is 13.8. The molecule has 2 aromatic rings. The van der Waals surface area contributed by atoms with Gasteiger partial charge >= 0.3 is 0 Å². The molecule has 1 aromatic carbocycles. The summed E-state index contributed by atoms with van der Waals surface area (Å²) in [6.45, 7) is 0. The van der Waals surface area contributed by atoms with Gasteiger partial charge in [-0.2, -0.15) is 0 Å². The zero-order valence-corrected chi connectivity index (χ0v) is 21.2. The lowest BCUT2D eigenvalue weighted by Crippen LogP contribution is -2.71. The van der Waals surface area contributed by atoms with Crippen LogP contribution in [0.1, 0.15) is 33.6 Å². The quantitative estimate of drug-likeness (QED) is 0.350. The fourth-order valence-electron chi connectivity index (χ4n) is 6.71. The Bertz CT molecular complexity index is 1360. The summed E-state index contributed by atoms with van der Waals surface area (Å²) >= 11 is 0. The van der Waals surface area contributed by atoms with E-state index in [-0.39, 0.29) is 29.7 Å². The van der Waals surface area contributed by atoms with Gasteiger partial charge in [0.25, 0.3) is 0 Å². The number of hydrogen-bond donors (Lipinski definition) is 5. The monoisotopic (exact) mass is 521 g/mol. The number of aliphatic hydroxyl groups excluding tert-OH is 2. The number of phenolic OH excluding ortho intramolecular Hbond substituents is 1. The lowest BCUT2D eigenvalue weighted by Gasteiger charge is -2.53. The normalized spacial score (nSPS) is 30.6. The van der Waals surface area contributed by atoms with E-state index in [2.05, 4.69) is 4.98 Å². The number of aliphatic hydroxyl groups is 3. The van der Waals surface area contributed by atoms with Crippen LogP contribution in [-0.4, -0.2) is 79.6 Å². The van der Waals surface area contributed by atoms with Gasteiger partial charge in [0.05, 0.1) is 11.7 Å². The average Bonchev–Trinajstić information content (AvgIpc) is 2.86. The first-order valence-corrected chi connectivity index (χ1v) is 12.6. The minimum Gasteiger partial charge on any atom is -0.508 e. The number of nitrogens with zero attached hydrogens (tertiary/aromatic N) is 2. The molecule has 1 heterocycles. The number of nitrogens with two attached hydrogens (primary N) is 1. The third kappa shape index (κ3) is 3.74. The minimum atomic E-state index is -2.58. The standard InChI is InChI=1S/C28H31N3O7/c1-31(2)22-17-12-14-11-16-13(6-8-15-5-3-4-10-30-15)7-9-18(32)20(16)23(33)19(14)25(35)28(17,38)26(36)21(24(22)34)27(29)37/h3-5,7,9-10,14,17,21-22,24,32,34-35,38H,6,8,11-12H2,1-2H3,(H2,29,37)/t14-,17-,21?,22-,24?,28-/m0/s1. The molecule has 2 unspecified atom stereocenters. The highest BCUT2D eigenvalue weighted by molar-refractivity contribution is 6.15. The van der Waals surface area contributed by atoms with Crippen molar-refractivity contribution in [3.8, 4) is 5.75 Å². The second kappa shape index (κ2) is 9.30. The summed E-state index contributed by atoms with van der Waals surface area (Å²) in [6.07, 6.45) is 1.76. The Morgan fingerprint density at radius 3 is 2.53 bits per heavy atom. The molecule has 38 heavy (non-hydrogen) atoms. The number of aromatic nitrogens is 1. The molecule has 200 valence electrons. The fraction of sp³-hybridized carbons (Fsp3) is 0.429. The Hall–Kier alpha value is -3.60. The van der Waals surface area contributed by atoms with Crippen LogP contribution in [0, 0.1) is 17.8 Å². The molecule has 1 fully saturated rings. The van der Waals surface area contributed by atoms with E-state index in [0.29, 0.717) is 18.4 Å². The van der Waals surface area contributed by atoms with Crippen LogP contribution >= 0.6 is 0 Å². The maximum atomic E-state index is 13.8. The lowest BCUT2D eigenvalue weighted by atomic mass is 9.56. The Labute approximate surface area is 219 Å². The number of aromatic hydroxyl groups is 1. The number of phenols is 1. The van der Waals surface area contributed by atoms with Crippen molar-refractivity contribution in [3.05, 3.63) is 70.2 Å². The summed E-state index contributed by atoms with van der Waals surface area (Å²) in [5.74, 6) is -7.37. The van der Waals surface area contributed by atoms with Crippen LogP contribution in [0.3, 0.4) is 0 Å². The number of Topliss-reactive ketones (excluding diaryl/α,β-unsaturated/α-hetero) is 2. The van der Waals surface area contributed by atoms with Gasteiger partial charge in [0, 0.05) is 29.4 Å². The predicted molar refractivity (Wildman–Crippen MR) is 135 cm³/mol. The van der Waals surface area contributed by atoms with Crippen molar-refractivity contribution < 1.29 is 34.8 Å². The number of primary amides is 1. The van der Waals surface area contributed by atoms with E-state index in [1.54, 1.807) is 31.3 Å². The van der Waals surface area contributed by atoms with Crippen LogP contribution in [-0.2, 0) is 28.9 Å². The summed E-state index contributed by atoms with van der Waals surface area (Å²) in [4.78, 5) is 45.2. The number of pyridine rings is 1. The van der Waals surface area contributed by atoms with E-state index in [9.17, 15) is 34.8 Å². The van der Waals surface area contributed by atoms with Crippen molar-refractivity contribution in [1.29, 1.82) is 0 Å². The summed E-state index contributed by atoms with van der Waals surface area (Å²) in [5, 5.41) is 44.7. The van der Waals surface area contributed by atoms with Crippen molar-refractivity contribution in [2.24, 2.45) is 23.5 Å². The summed E-state index contributed by atoms with van der Waals surface area (Å²) < 4.78 is 0. The van der Waals surface area contributed by atoms with E-state index >= 15 is 0 Å². The third-order valence-corrected chi connectivity index (χ3v) is 8.45. The van der Waals surface area contributed by atoms with E-state index in [1.807, 2.05) is 18.2 Å². The first kappa shape index (κ1) is 26.0. The number of allylic oxidation sites excluding steroid dienone is 1. The molecular formula is C28H31N3O7. The van der Waals surface area contributed by atoms with Crippen LogP contribution in [0.15, 0.2) is 47.9 Å². The van der Waals surface area contributed by atoms with Crippen LogP contribution in [0.2, 0.25) is 0 Å². The number of amides is 1. The molecule has 0 saturated heterocycles. The summed E-state index contributed by atoms with van der Waals surface area (Å²) in [6, 6.07) is 7.93. The Balaban J connectivity index is 1.61. The summed E-state index contributed by atoms with van der Waals surface area (Å²) in [5.41, 5.74) is 5.09. The van der Waals surface area contributed by atoms with Crippen LogP contribution in [0.5, 0.6) is 5.75 Å². The highest BCUT2D eigenvalue weighted by Gasteiger charge is 2.66. The Kier molecular flexibility index (Phi) is 6.37. The van der Waals surface area contributed by atoms with Gasteiger partial charge in [-0.1, -0.05) is 12.1 Å². The van der Waals surface area contributed by atoms with Crippen LogP contribution in [0.4, 0.5) is 0 Å². The van der Waals surface area contributed by atoms with Crippen molar-refractivity contribution in [3.63, 3.8) is 0 Å². The van der Waals surface area contributed by atoms with E-state index in [0.717, 1.165) is 11.3 Å². The Morgan fingerprint density at radius 1 is 1.16 bits per heavy atom. The number of benzene rings is 1. The van der Waals surface area contributed by atoms with Gasteiger partial charge in [-0.3, -0.25) is 19.4 Å². The molecule has 0 spiro atoms. The van der Waals surface area contributed by atoms with Gasteiger partial charge < -0.3 is 31.1 Å². The number of hydrogen-bond acceptors (Lipinski definition) is 9. The highest BCUT2D eigenvalue weighted by Crippen LogP contribution is 2.52. The molecule has 5 rings (SSSR count). The topological polar surface area (TPSA) is 174 Å². The second-order valence-corrected chi connectivity index (χ2v) is 10.7. The molecular weight excluding hydrogens is 490 g/mol. The van der Waals surface area contributed by atoms with Crippen molar-refractivity contribution in [1.82, 2.24) is 9.88 Å². The smallest absolute Gasteiger partial charge is 0.230 e. The number of likely N-dealkylation sites (N-methyl/N-ethyl adjacent to an activating group) is 1. The molecule has 0 radical (unpaired) electrons. The number of rotatable bonds is 5. The number of carbonyl (C=O) groups excluding carboxylic acids is 3. The zero-order valence-electron chi connectivity index (χ0n) is 21.2. The lowest BCUT2D eigenvalue weighted by molar-refractivity contribution is -0.178. The molecule has 0 bridgehead atoms. The van der Waals surface area contributed by atoms with Gasteiger partial charge in [-0.15, -0.1) is 0 Å². The van der Waals surface area contributed by atoms with Crippen molar-refractivity contribution in [2.75, 3.05) is 14.1 Å². The van der Waals surface area contributed by atoms with Gasteiger partial charge in [0.15, 0.2) is 17.2 Å². The zero-order chi connectivity index (χ0) is 27.5. The van der Waals surface area contributed by atoms with Crippen molar-refractivity contribution >= 4 is 17.5 Å². The summed E-state index contributed by atoms with van der Waals surface area (Å²) in [7, 11) is 3.26. The number of aryl methyl sites for hydroxylation is 2. The van der Waals surface area contributed by atoms with Crippen LogP contribution in [0.25, 0.3) is 0 Å². The molecule has 1 saturated carbocycles. The maximum Gasteiger partial charge on any atom is 0.230 e. The largest absolute Gasteiger partial charge is 0.508 e. The molecule has 6 N–H and O–H groups in total. The van der Waals surface area contributed by atoms with Crippen LogP contribution < -0.4 is 5.73 Å². The second-order valence-electron chi connectivity index (χ2n) is 10.7. The van der Waals surface area contributed by atoms with Crippen molar-refractivity contribution in [2.45, 2.75) is 43.4 Å².